The Kier molecular flexibility index (Phi) is 12.1. The molecule has 0 aliphatic carbocycles. The molecule has 1 aromatic carbocycles. The standard InChI is InChI=1S/C15H13O3.3C4H9.Sn/c1-12(13-6-3-2-4-7-13)9-11-18-15(16)14-8-5-10-17-14;3*1-3-4-2;/h1-8,10H,9,11H2;3*1,3-4H2,2H3;. The van der Waals surface area contributed by atoms with Gasteiger partial charge in [-0.25, -0.2) is 0 Å². The summed E-state index contributed by atoms with van der Waals surface area (Å²) in [5.41, 5.74) is 2.66. The second kappa shape index (κ2) is 14.5. The minimum atomic E-state index is -2.47. The second-order valence-electron chi connectivity index (χ2n) is 8.57. The predicted molar refractivity (Wildman–Crippen MR) is 133 cm³/mol. The molecule has 2 aromatic rings. The van der Waals surface area contributed by atoms with Gasteiger partial charge in [0, 0.05) is 0 Å². The van der Waals surface area contributed by atoms with Gasteiger partial charge in [0.2, 0.25) is 0 Å². The van der Waals surface area contributed by atoms with Crippen LogP contribution in [0.1, 0.15) is 81.8 Å². The molecule has 31 heavy (non-hydrogen) atoms. The van der Waals surface area contributed by atoms with Crippen LogP contribution in [0.5, 0.6) is 0 Å². The maximum atomic E-state index is 12.2. The van der Waals surface area contributed by atoms with Gasteiger partial charge in [-0.1, -0.05) is 0 Å². The molecule has 0 saturated carbocycles. The number of hydrogen-bond acceptors (Lipinski definition) is 3. The summed E-state index contributed by atoms with van der Waals surface area (Å²) in [7, 11) is 0. The van der Waals surface area contributed by atoms with Crippen molar-refractivity contribution in [3.8, 4) is 0 Å². The van der Waals surface area contributed by atoms with Gasteiger partial charge in [0.05, 0.1) is 0 Å². The molecule has 0 unspecified atom stereocenters. The van der Waals surface area contributed by atoms with Gasteiger partial charge < -0.3 is 0 Å². The predicted octanol–water partition coefficient (Wildman–Crippen LogP) is 8.30. The average Bonchev–Trinajstić information content (AvgIpc) is 3.35. The molecule has 0 fully saturated rings. The molecular formula is C27H40O3Sn. The number of carbonyl (C=O) groups excluding carboxylic acids is 1. The first-order valence-corrected chi connectivity index (χ1v) is 19.8. The summed E-state index contributed by atoms with van der Waals surface area (Å²) in [4.78, 5) is 12.2. The number of benzene rings is 1. The fourth-order valence-electron chi connectivity index (χ4n) is 4.22. The van der Waals surface area contributed by atoms with Crippen LogP contribution >= 0.6 is 0 Å². The molecule has 2 rings (SSSR count). The third-order valence-electron chi connectivity index (χ3n) is 6.04. The monoisotopic (exact) mass is 532 g/mol. The Morgan fingerprint density at radius 3 is 2.03 bits per heavy atom. The van der Waals surface area contributed by atoms with E-state index in [1.54, 1.807) is 12.1 Å². The Bertz CT molecular complexity index is 743. The Hall–Kier alpha value is -1.49. The van der Waals surface area contributed by atoms with E-state index < -0.39 is 18.4 Å². The first-order chi connectivity index (χ1) is 15.1. The van der Waals surface area contributed by atoms with Crippen molar-refractivity contribution in [3.63, 3.8) is 0 Å². The zero-order chi connectivity index (χ0) is 22.4. The number of esters is 1. The van der Waals surface area contributed by atoms with Gasteiger partial charge in [-0.3, -0.25) is 0 Å². The quantitative estimate of drug-likeness (QED) is 0.172. The number of carbonyl (C=O) groups is 1. The van der Waals surface area contributed by atoms with E-state index in [1.165, 1.54) is 69.2 Å². The molecule has 0 bridgehead atoms. The summed E-state index contributed by atoms with van der Waals surface area (Å²) in [6, 6.07) is 14.1. The summed E-state index contributed by atoms with van der Waals surface area (Å²) >= 11 is -2.47. The SMILES string of the molecule is CCC[CH2][Sn](/[CH]=C(/CCOC(=O)c1ccco1)c1ccccc1)([CH2]CCC)[CH2]CCC. The Balaban J connectivity index is 2.26. The minimum absolute atomic E-state index is 0.271. The molecule has 170 valence electrons. The van der Waals surface area contributed by atoms with Crippen molar-refractivity contribution in [2.45, 2.75) is 79.0 Å². The number of rotatable bonds is 15. The molecule has 0 atom stereocenters. The van der Waals surface area contributed by atoms with Gasteiger partial charge in [-0.2, -0.15) is 0 Å². The van der Waals surface area contributed by atoms with Crippen molar-refractivity contribution in [1.82, 2.24) is 0 Å². The average molecular weight is 531 g/mol. The van der Waals surface area contributed by atoms with Crippen molar-refractivity contribution < 1.29 is 13.9 Å². The van der Waals surface area contributed by atoms with Crippen LogP contribution in [-0.4, -0.2) is 31.0 Å². The van der Waals surface area contributed by atoms with E-state index in [4.69, 9.17) is 9.15 Å². The Labute approximate surface area is 193 Å². The molecule has 0 radical (unpaired) electrons. The summed E-state index contributed by atoms with van der Waals surface area (Å²) in [6.07, 6.45) is 10.1. The maximum absolute atomic E-state index is 12.2. The summed E-state index contributed by atoms with van der Waals surface area (Å²) in [5, 5.41) is 0. The van der Waals surface area contributed by atoms with Crippen LogP contribution in [0.15, 0.2) is 57.2 Å². The van der Waals surface area contributed by atoms with E-state index in [0.717, 1.165) is 6.42 Å². The van der Waals surface area contributed by atoms with E-state index in [1.807, 2.05) is 0 Å². The summed E-state index contributed by atoms with van der Waals surface area (Å²) in [5.74, 6) is -0.109. The van der Waals surface area contributed by atoms with Crippen LogP contribution in [-0.2, 0) is 4.74 Å². The normalized spacial score (nSPS) is 12.2. The van der Waals surface area contributed by atoms with Crippen molar-refractivity contribution in [3.05, 3.63) is 64.1 Å². The molecule has 0 spiro atoms. The number of ether oxygens (including phenoxy) is 1. The van der Waals surface area contributed by atoms with Crippen LogP contribution in [0.25, 0.3) is 5.57 Å². The fraction of sp³-hybridized carbons (Fsp3) is 0.519. The number of unbranched alkanes of at least 4 members (excludes halogenated alkanes) is 3. The topological polar surface area (TPSA) is 39.4 Å². The molecule has 0 amide bonds. The first kappa shape index (κ1) is 25.8. The third-order valence-corrected chi connectivity index (χ3v) is 20.3. The molecule has 1 aromatic heterocycles. The zero-order valence-corrected chi connectivity index (χ0v) is 22.6. The molecular weight excluding hydrogens is 491 g/mol. The van der Waals surface area contributed by atoms with Crippen molar-refractivity contribution in [2.75, 3.05) is 6.61 Å². The number of furan rings is 1. The Morgan fingerprint density at radius 1 is 0.903 bits per heavy atom. The van der Waals surface area contributed by atoms with E-state index in [-0.39, 0.29) is 11.7 Å². The molecule has 0 N–H and O–H groups in total. The van der Waals surface area contributed by atoms with E-state index in [2.05, 4.69) is 55.2 Å². The van der Waals surface area contributed by atoms with E-state index >= 15 is 0 Å². The van der Waals surface area contributed by atoms with Gasteiger partial charge in [0.15, 0.2) is 0 Å². The Morgan fingerprint density at radius 2 is 1.52 bits per heavy atom. The van der Waals surface area contributed by atoms with Crippen molar-refractivity contribution in [1.29, 1.82) is 0 Å². The molecule has 3 nitrogen and oxygen atoms in total. The van der Waals surface area contributed by atoms with Crippen LogP contribution in [0.3, 0.4) is 0 Å². The van der Waals surface area contributed by atoms with Crippen LogP contribution in [0.2, 0.25) is 13.3 Å². The van der Waals surface area contributed by atoms with E-state index in [9.17, 15) is 4.79 Å². The van der Waals surface area contributed by atoms with Crippen molar-refractivity contribution in [2.24, 2.45) is 0 Å². The summed E-state index contributed by atoms with van der Waals surface area (Å²) in [6.45, 7) is 7.32. The van der Waals surface area contributed by atoms with Gasteiger partial charge in [0.1, 0.15) is 0 Å². The molecule has 0 aliphatic rings. The second-order valence-corrected chi connectivity index (χ2v) is 21.5. The van der Waals surface area contributed by atoms with Gasteiger partial charge in [0.25, 0.3) is 0 Å². The van der Waals surface area contributed by atoms with Gasteiger partial charge >= 0.3 is 194 Å². The molecule has 4 heteroatoms. The fourth-order valence-corrected chi connectivity index (χ4v) is 19.6. The van der Waals surface area contributed by atoms with Crippen LogP contribution in [0, 0.1) is 0 Å². The van der Waals surface area contributed by atoms with Crippen LogP contribution in [0.4, 0.5) is 0 Å². The van der Waals surface area contributed by atoms with Gasteiger partial charge in [-0.15, -0.1) is 0 Å². The van der Waals surface area contributed by atoms with Crippen LogP contribution < -0.4 is 0 Å². The molecule has 1 heterocycles. The number of hydrogen-bond donors (Lipinski definition) is 0. The van der Waals surface area contributed by atoms with E-state index in [0.29, 0.717) is 6.61 Å². The first-order valence-electron chi connectivity index (χ1n) is 12.1. The van der Waals surface area contributed by atoms with Crippen molar-refractivity contribution >= 4 is 29.9 Å². The zero-order valence-electron chi connectivity index (χ0n) is 19.7. The van der Waals surface area contributed by atoms with Gasteiger partial charge in [-0.05, 0) is 0 Å². The third kappa shape index (κ3) is 8.88. The summed E-state index contributed by atoms with van der Waals surface area (Å²) < 4.78 is 17.8. The molecule has 0 aliphatic heterocycles. The molecule has 0 saturated heterocycles.